The predicted molar refractivity (Wildman–Crippen MR) is 170 cm³/mol. The molecule has 0 bridgehead atoms. The molecule has 0 N–H and O–H groups in total. The van der Waals surface area contributed by atoms with E-state index in [1.54, 1.807) is 31.5 Å². The smallest absolute Gasteiger partial charge is 0.416 e. The first-order chi connectivity index (χ1) is 22.2. The highest BCUT2D eigenvalue weighted by Gasteiger charge is 2.50. The van der Waals surface area contributed by atoms with Gasteiger partial charge in [-0.1, -0.05) is 36.4 Å². The summed E-state index contributed by atoms with van der Waals surface area (Å²) < 4.78 is 65.1. The number of aromatic nitrogens is 1. The van der Waals surface area contributed by atoms with E-state index in [0.29, 0.717) is 22.0 Å². The number of nitrogens with zero attached hydrogens (tertiary/aromatic N) is 1. The first-order valence-electron chi connectivity index (χ1n) is 14.7. The lowest BCUT2D eigenvalue weighted by Gasteiger charge is -2.43. The van der Waals surface area contributed by atoms with Crippen LogP contribution in [0, 0.1) is 0 Å². The van der Waals surface area contributed by atoms with Gasteiger partial charge in [0.25, 0.3) is 0 Å². The number of hydrogen-bond donors (Lipinski definition) is 0. The summed E-state index contributed by atoms with van der Waals surface area (Å²) in [7, 11) is 3.20. The number of rotatable bonds is 5. The highest BCUT2D eigenvalue weighted by Crippen LogP contribution is 2.49. The zero-order valence-corrected chi connectivity index (χ0v) is 26.1. The monoisotopic (exact) mass is 645 g/mol. The van der Waals surface area contributed by atoms with Crippen molar-refractivity contribution in [3.63, 3.8) is 0 Å². The SMILES string of the molecule is COc1cc2c(c3c1c(=O)c1cc4ccccc4cc1n3C)[C@@H](OC(C)=O)[C@@H](OC(=O)/C=C/c1cccc(C(F)(F)F)c1)C(C)(C)O2. The highest BCUT2D eigenvalue weighted by atomic mass is 19.4. The van der Waals surface area contributed by atoms with Gasteiger partial charge >= 0.3 is 18.1 Å². The van der Waals surface area contributed by atoms with E-state index in [0.717, 1.165) is 29.0 Å². The Balaban J connectivity index is 1.51. The van der Waals surface area contributed by atoms with Gasteiger partial charge in [0.1, 0.15) is 17.1 Å². The molecule has 5 aromatic rings. The lowest BCUT2D eigenvalue weighted by atomic mass is 9.86. The van der Waals surface area contributed by atoms with Crippen molar-refractivity contribution in [2.24, 2.45) is 7.05 Å². The van der Waals surface area contributed by atoms with Gasteiger partial charge in [-0.25, -0.2) is 4.79 Å². The number of ether oxygens (including phenoxy) is 4. The van der Waals surface area contributed by atoms with Crippen LogP contribution in [0.25, 0.3) is 38.7 Å². The minimum atomic E-state index is -4.55. The van der Waals surface area contributed by atoms with E-state index in [1.165, 1.54) is 32.2 Å². The Bertz CT molecular complexity index is 2180. The van der Waals surface area contributed by atoms with Gasteiger partial charge in [0.15, 0.2) is 12.2 Å². The minimum Gasteiger partial charge on any atom is -0.496 e. The topological polar surface area (TPSA) is 93.1 Å². The summed E-state index contributed by atoms with van der Waals surface area (Å²) in [5.41, 5.74) is -1.08. The molecule has 2 atom stereocenters. The van der Waals surface area contributed by atoms with Crippen molar-refractivity contribution in [3.05, 3.63) is 99.7 Å². The van der Waals surface area contributed by atoms with Gasteiger partial charge in [-0.05, 0) is 60.5 Å². The quantitative estimate of drug-likeness (QED) is 0.113. The molecule has 1 aliphatic heterocycles. The fourth-order valence-corrected chi connectivity index (χ4v) is 6.18. The second-order valence-corrected chi connectivity index (χ2v) is 11.9. The number of benzene rings is 4. The molecule has 8 nitrogen and oxygen atoms in total. The number of esters is 2. The number of carbonyl (C=O) groups is 2. The van der Waals surface area contributed by atoms with E-state index in [2.05, 4.69) is 0 Å². The first kappa shape index (κ1) is 31.7. The molecule has 0 spiro atoms. The molecule has 0 aliphatic carbocycles. The van der Waals surface area contributed by atoms with Crippen LogP contribution in [0.3, 0.4) is 0 Å². The molecule has 0 saturated carbocycles. The molecule has 0 fully saturated rings. The van der Waals surface area contributed by atoms with Crippen LogP contribution in [0.2, 0.25) is 0 Å². The van der Waals surface area contributed by atoms with Gasteiger partial charge in [0, 0.05) is 31.5 Å². The van der Waals surface area contributed by atoms with Gasteiger partial charge in [-0.15, -0.1) is 0 Å². The molecule has 47 heavy (non-hydrogen) atoms. The van der Waals surface area contributed by atoms with Crippen LogP contribution in [0.15, 0.2) is 77.6 Å². The lowest BCUT2D eigenvalue weighted by molar-refractivity contribution is -0.185. The van der Waals surface area contributed by atoms with Crippen molar-refractivity contribution in [1.29, 1.82) is 0 Å². The summed E-state index contributed by atoms with van der Waals surface area (Å²) in [6, 6.07) is 17.4. The molecule has 0 saturated heterocycles. The highest BCUT2D eigenvalue weighted by molar-refractivity contribution is 6.04. The average molecular weight is 646 g/mol. The molecule has 1 aromatic heterocycles. The number of alkyl halides is 3. The van der Waals surface area contributed by atoms with E-state index in [9.17, 15) is 27.6 Å². The van der Waals surface area contributed by atoms with Gasteiger partial charge in [0.2, 0.25) is 5.43 Å². The van der Waals surface area contributed by atoms with Crippen LogP contribution in [0.1, 0.15) is 43.6 Å². The maximum Gasteiger partial charge on any atom is 0.416 e. The van der Waals surface area contributed by atoms with E-state index < -0.39 is 41.5 Å². The third kappa shape index (κ3) is 5.66. The largest absolute Gasteiger partial charge is 0.496 e. The van der Waals surface area contributed by atoms with Crippen molar-refractivity contribution in [3.8, 4) is 11.5 Å². The van der Waals surface area contributed by atoms with Gasteiger partial charge in [0.05, 0.1) is 34.7 Å². The van der Waals surface area contributed by atoms with E-state index in [-0.39, 0.29) is 27.9 Å². The second-order valence-electron chi connectivity index (χ2n) is 11.9. The molecule has 242 valence electrons. The predicted octanol–water partition coefficient (Wildman–Crippen LogP) is 7.27. The number of aryl methyl sites for hydroxylation is 1. The van der Waals surface area contributed by atoms with Crippen LogP contribution >= 0.6 is 0 Å². The number of fused-ring (bicyclic) bond motifs is 5. The Kier molecular flexibility index (Phi) is 7.73. The Morgan fingerprint density at radius 1 is 0.979 bits per heavy atom. The number of carbonyl (C=O) groups excluding carboxylic acids is 2. The number of hydrogen-bond acceptors (Lipinski definition) is 7. The van der Waals surface area contributed by atoms with Crippen LogP contribution in [-0.2, 0) is 32.3 Å². The minimum absolute atomic E-state index is 0.130. The molecule has 0 unspecified atom stereocenters. The molecule has 2 heterocycles. The summed E-state index contributed by atoms with van der Waals surface area (Å²) in [4.78, 5) is 39.9. The van der Waals surface area contributed by atoms with E-state index in [4.69, 9.17) is 18.9 Å². The van der Waals surface area contributed by atoms with E-state index in [1.807, 2.05) is 36.4 Å². The number of halogens is 3. The molecule has 1 aliphatic rings. The Morgan fingerprint density at radius 3 is 2.34 bits per heavy atom. The first-order valence-corrected chi connectivity index (χ1v) is 14.7. The molecular weight excluding hydrogens is 615 g/mol. The maximum atomic E-state index is 14.2. The third-order valence-electron chi connectivity index (χ3n) is 8.30. The molecule has 11 heteroatoms. The molecule has 0 amide bonds. The fourth-order valence-electron chi connectivity index (χ4n) is 6.18. The molecule has 4 aromatic carbocycles. The zero-order chi connectivity index (χ0) is 33.8. The Labute approximate surface area is 266 Å². The normalized spacial score (nSPS) is 17.4. The fraction of sp³-hybridized carbons (Fsp3) is 0.250. The second kappa shape index (κ2) is 11.5. The number of pyridine rings is 1. The van der Waals surface area contributed by atoms with Crippen molar-refractivity contribution in [2.75, 3.05) is 7.11 Å². The number of methoxy groups -OCH3 is 1. The summed E-state index contributed by atoms with van der Waals surface area (Å²) in [5, 5.41) is 2.44. The maximum absolute atomic E-state index is 14.2. The van der Waals surface area contributed by atoms with Gasteiger partial charge < -0.3 is 23.5 Å². The Hall–Kier alpha value is -5.32. The lowest BCUT2D eigenvalue weighted by Crippen LogP contribution is -2.52. The zero-order valence-electron chi connectivity index (χ0n) is 26.1. The van der Waals surface area contributed by atoms with Crippen LogP contribution < -0.4 is 14.9 Å². The summed E-state index contributed by atoms with van der Waals surface area (Å²) >= 11 is 0. The van der Waals surface area contributed by atoms with E-state index >= 15 is 0 Å². The van der Waals surface area contributed by atoms with Crippen molar-refractivity contribution in [1.82, 2.24) is 4.57 Å². The average Bonchev–Trinajstić information content (AvgIpc) is 3.02. The van der Waals surface area contributed by atoms with Crippen molar-refractivity contribution >= 4 is 50.6 Å². The summed E-state index contributed by atoms with van der Waals surface area (Å²) in [5.74, 6) is -1.09. The standard InChI is InChI=1S/C36H30F3NO7/c1-19(41)45-33-30-27(47-35(2,3)34(33)46-28(42)14-13-20-9-8-12-23(15-20)36(37,38)39)18-26(44-5)29-31(30)40(4)25-17-22-11-7-6-10-21(22)16-24(25)32(29)43/h6-18,33-34H,1-5H3/b14-13+/t33-,34-/m1/s1. The van der Waals surface area contributed by atoms with Crippen molar-refractivity contribution in [2.45, 2.75) is 44.8 Å². The van der Waals surface area contributed by atoms with Crippen LogP contribution in [-0.4, -0.2) is 35.3 Å². The van der Waals surface area contributed by atoms with Crippen LogP contribution in [0.5, 0.6) is 11.5 Å². The van der Waals surface area contributed by atoms with Gasteiger partial charge in [-0.3, -0.25) is 9.59 Å². The van der Waals surface area contributed by atoms with Crippen LogP contribution in [0.4, 0.5) is 13.2 Å². The van der Waals surface area contributed by atoms with Gasteiger partial charge in [-0.2, -0.15) is 13.2 Å². The summed E-state index contributed by atoms with van der Waals surface area (Å²) in [6.45, 7) is 4.49. The third-order valence-corrected chi connectivity index (χ3v) is 8.30. The molecule has 6 rings (SSSR count). The van der Waals surface area contributed by atoms with Crippen molar-refractivity contribution < 1.29 is 41.7 Å². The molecule has 0 radical (unpaired) electrons. The molecular formula is C36H30F3NO7. The summed E-state index contributed by atoms with van der Waals surface area (Å²) in [6.07, 6.45) is -4.84. The Morgan fingerprint density at radius 2 is 1.68 bits per heavy atom.